The minimum Gasteiger partial charge on any atom is -0.480 e. The summed E-state index contributed by atoms with van der Waals surface area (Å²) in [6, 6.07) is 6.96. The highest BCUT2D eigenvalue weighted by Gasteiger charge is 2.34. The molecule has 0 spiro atoms. The number of benzene rings is 2. The fourth-order valence-corrected chi connectivity index (χ4v) is 5.57. The van der Waals surface area contributed by atoms with Gasteiger partial charge in [0.1, 0.15) is 17.6 Å². The quantitative estimate of drug-likeness (QED) is 0.424. The van der Waals surface area contributed by atoms with Crippen LogP contribution in [0.25, 0.3) is 10.9 Å². The van der Waals surface area contributed by atoms with Crippen LogP contribution in [0.2, 0.25) is 0 Å². The number of aliphatic carboxylic acids is 1. The third kappa shape index (κ3) is 4.07. The molecule has 0 bridgehead atoms. The van der Waals surface area contributed by atoms with Crippen LogP contribution >= 0.6 is 0 Å². The van der Waals surface area contributed by atoms with Gasteiger partial charge in [0.2, 0.25) is 0 Å². The van der Waals surface area contributed by atoms with Gasteiger partial charge in [0.25, 0.3) is 0 Å². The van der Waals surface area contributed by atoms with Crippen molar-refractivity contribution < 1.29 is 35.9 Å². The van der Waals surface area contributed by atoms with Gasteiger partial charge in [0.05, 0.1) is 16.0 Å². The number of hydrogen-bond donors (Lipinski definition) is 1. The second-order valence-electron chi connectivity index (χ2n) is 6.88. The van der Waals surface area contributed by atoms with Crippen molar-refractivity contribution in [2.45, 2.75) is 29.8 Å². The molecule has 0 aliphatic carbocycles. The molecular weight excluding hydrogens is 438 g/mol. The van der Waals surface area contributed by atoms with Crippen LogP contribution in [-0.2, 0) is 27.4 Å². The van der Waals surface area contributed by atoms with E-state index in [1.165, 1.54) is 17.6 Å². The number of nitrogens with zero attached hydrogens (tertiary/aromatic N) is 1. The van der Waals surface area contributed by atoms with E-state index >= 15 is 0 Å². The summed E-state index contributed by atoms with van der Waals surface area (Å²) in [5.74, 6) is -1.95. The van der Waals surface area contributed by atoms with Crippen molar-refractivity contribution in [3.8, 4) is 0 Å². The SMILES string of the molecule is C=CC(c1ccc(C(F)(F)F)cc1)S(=O)(=O)c1c(C)n(CC(=O)O)c2ccc(F)cc12. The Morgan fingerprint density at radius 3 is 2.32 bits per heavy atom. The number of aromatic nitrogens is 1. The van der Waals surface area contributed by atoms with E-state index in [2.05, 4.69) is 6.58 Å². The summed E-state index contributed by atoms with van der Waals surface area (Å²) in [4.78, 5) is 11.0. The molecule has 1 aromatic heterocycles. The lowest BCUT2D eigenvalue weighted by molar-refractivity contribution is -0.138. The molecule has 0 saturated carbocycles. The molecule has 0 aliphatic rings. The zero-order valence-corrected chi connectivity index (χ0v) is 17.0. The number of fused-ring (bicyclic) bond motifs is 1. The Labute approximate surface area is 175 Å². The average molecular weight is 455 g/mol. The van der Waals surface area contributed by atoms with Gasteiger partial charge in [-0.05, 0) is 42.8 Å². The van der Waals surface area contributed by atoms with Crippen molar-refractivity contribution in [2.24, 2.45) is 0 Å². The summed E-state index contributed by atoms with van der Waals surface area (Å²) in [7, 11) is -4.32. The highest BCUT2D eigenvalue weighted by atomic mass is 32.2. The van der Waals surface area contributed by atoms with E-state index in [1.54, 1.807) is 0 Å². The fourth-order valence-electron chi connectivity index (χ4n) is 3.55. The first-order valence-electron chi connectivity index (χ1n) is 8.91. The summed E-state index contributed by atoms with van der Waals surface area (Å²) >= 11 is 0. The lowest BCUT2D eigenvalue weighted by Gasteiger charge is -2.16. The number of carboxylic acid groups (broad SMARTS) is 1. The van der Waals surface area contributed by atoms with Gasteiger partial charge in [-0.25, -0.2) is 12.8 Å². The van der Waals surface area contributed by atoms with Gasteiger partial charge in [-0.15, -0.1) is 6.58 Å². The molecule has 0 saturated heterocycles. The zero-order chi connectivity index (χ0) is 23.1. The summed E-state index contributed by atoms with van der Waals surface area (Å²) < 4.78 is 80.7. The molecule has 1 heterocycles. The molecule has 1 N–H and O–H groups in total. The van der Waals surface area contributed by atoms with Gasteiger partial charge in [-0.1, -0.05) is 18.2 Å². The summed E-state index contributed by atoms with van der Waals surface area (Å²) in [5, 5.41) is 7.74. The van der Waals surface area contributed by atoms with Gasteiger partial charge >= 0.3 is 12.1 Å². The predicted molar refractivity (Wildman–Crippen MR) is 106 cm³/mol. The maximum absolute atomic E-state index is 13.9. The highest BCUT2D eigenvalue weighted by molar-refractivity contribution is 7.92. The molecule has 0 radical (unpaired) electrons. The van der Waals surface area contributed by atoms with Crippen LogP contribution in [0.5, 0.6) is 0 Å². The Kier molecular flexibility index (Phi) is 5.70. The zero-order valence-electron chi connectivity index (χ0n) is 16.1. The molecule has 0 fully saturated rings. The van der Waals surface area contributed by atoms with Crippen LogP contribution < -0.4 is 0 Å². The largest absolute Gasteiger partial charge is 0.480 e. The number of sulfone groups is 1. The Balaban J connectivity index is 2.22. The summed E-state index contributed by atoms with van der Waals surface area (Å²) in [6.45, 7) is 4.34. The third-order valence-electron chi connectivity index (χ3n) is 4.92. The third-order valence-corrected chi connectivity index (χ3v) is 7.14. The maximum atomic E-state index is 13.9. The predicted octanol–water partition coefficient (Wildman–Crippen LogP) is 4.89. The second kappa shape index (κ2) is 7.84. The number of hydrogen-bond acceptors (Lipinski definition) is 3. The van der Waals surface area contributed by atoms with E-state index in [-0.39, 0.29) is 27.1 Å². The van der Waals surface area contributed by atoms with Crippen LogP contribution in [0.3, 0.4) is 0 Å². The number of carbonyl (C=O) groups is 1. The second-order valence-corrected chi connectivity index (χ2v) is 8.88. The molecule has 5 nitrogen and oxygen atoms in total. The van der Waals surface area contributed by atoms with Gasteiger partial charge in [0, 0.05) is 11.1 Å². The van der Waals surface area contributed by atoms with Crippen LogP contribution in [-0.4, -0.2) is 24.1 Å². The average Bonchev–Trinajstić information content (AvgIpc) is 2.92. The van der Waals surface area contributed by atoms with Crippen LogP contribution in [0.4, 0.5) is 17.6 Å². The van der Waals surface area contributed by atoms with E-state index in [1.807, 2.05) is 0 Å². The van der Waals surface area contributed by atoms with Gasteiger partial charge in [-0.2, -0.15) is 13.2 Å². The minimum absolute atomic E-state index is 0.0162. The Morgan fingerprint density at radius 2 is 1.81 bits per heavy atom. The molecule has 3 aromatic rings. The molecule has 164 valence electrons. The molecule has 0 amide bonds. The molecule has 1 atom stereocenters. The number of carboxylic acids is 1. The van der Waals surface area contributed by atoms with E-state index in [4.69, 9.17) is 0 Å². The lowest BCUT2D eigenvalue weighted by atomic mass is 10.1. The first-order valence-corrected chi connectivity index (χ1v) is 10.5. The first-order chi connectivity index (χ1) is 14.4. The van der Waals surface area contributed by atoms with Gasteiger partial charge < -0.3 is 9.67 Å². The van der Waals surface area contributed by atoms with Crippen molar-refractivity contribution in [1.82, 2.24) is 4.57 Å². The summed E-state index contributed by atoms with van der Waals surface area (Å²) in [5.41, 5.74) is -0.623. The van der Waals surface area contributed by atoms with Gasteiger partial charge in [0.15, 0.2) is 9.84 Å². The fraction of sp³-hybridized carbons (Fsp3) is 0.190. The van der Waals surface area contributed by atoms with Crippen LogP contribution in [0.15, 0.2) is 60.0 Å². The molecule has 31 heavy (non-hydrogen) atoms. The van der Waals surface area contributed by atoms with E-state index < -0.39 is 45.2 Å². The van der Waals surface area contributed by atoms with Crippen molar-refractivity contribution in [3.05, 3.63) is 77.8 Å². The van der Waals surface area contributed by atoms with E-state index in [9.17, 15) is 35.9 Å². The molecule has 1 unspecified atom stereocenters. The number of alkyl halides is 3. The normalized spacial score (nSPS) is 13.3. The van der Waals surface area contributed by atoms with Crippen LogP contribution in [0.1, 0.15) is 22.1 Å². The first kappa shape index (κ1) is 22.5. The van der Waals surface area contributed by atoms with E-state index in [0.29, 0.717) is 0 Å². The van der Waals surface area contributed by atoms with Crippen LogP contribution in [0, 0.1) is 12.7 Å². The minimum atomic E-state index is -4.58. The maximum Gasteiger partial charge on any atom is 0.416 e. The molecular formula is C21H17F4NO4S. The monoisotopic (exact) mass is 455 g/mol. The smallest absolute Gasteiger partial charge is 0.416 e. The number of halogens is 4. The summed E-state index contributed by atoms with van der Waals surface area (Å²) in [6.07, 6.45) is -3.52. The molecule has 2 aromatic carbocycles. The standard InChI is InChI=1S/C21H17F4NO4S/c1-3-18(13-4-6-14(7-5-13)21(23,24)25)31(29,30)20-12(2)26(11-19(27)28)17-9-8-15(22)10-16(17)20/h3-10,18H,1,11H2,2H3,(H,27,28). The molecule has 0 aliphatic heterocycles. The van der Waals surface area contributed by atoms with Crippen molar-refractivity contribution in [3.63, 3.8) is 0 Å². The Morgan fingerprint density at radius 1 is 1.19 bits per heavy atom. The Bertz CT molecular complexity index is 1280. The van der Waals surface area contributed by atoms with Crippen molar-refractivity contribution >= 4 is 26.7 Å². The Hall–Kier alpha value is -3.14. The molecule has 3 rings (SSSR count). The topological polar surface area (TPSA) is 76.4 Å². The number of rotatable bonds is 6. The highest BCUT2D eigenvalue weighted by Crippen LogP contribution is 2.39. The lowest BCUT2D eigenvalue weighted by Crippen LogP contribution is -2.15. The van der Waals surface area contributed by atoms with Crippen molar-refractivity contribution in [2.75, 3.05) is 0 Å². The molecule has 10 heteroatoms. The van der Waals surface area contributed by atoms with Gasteiger partial charge in [-0.3, -0.25) is 4.79 Å². The van der Waals surface area contributed by atoms with Crippen molar-refractivity contribution in [1.29, 1.82) is 0 Å². The van der Waals surface area contributed by atoms with E-state index in [0.717, 1.165) is 42.5 Å².